The monoisotopic (exact) mass is 540 g/mol. The van der Waals surface area contributed by atoms with Gasteiger partial charge in [0.05, 0.1) is 12.1 Å². The first kappa shape index (κ1) is 25.8. The molecule has 5 rings (SSSR count). The standard InChI is InChI=1S/C32H26Cl2N2O2/c1-21-8-17-29-28(18-21)30(22(2)35(29)19-23-9-13-25(33)14-10-23)31(37)32(38)36(27-6-4-3-5-7-27)20-24-11-15-26(34)16-12-24/h3-18H,19-20H2,1-2H3. The van der Waals surface area contributed by atoms with Crippen molar-refractivity contribution in [2.24, 2.45) is 0 Å². The second-order valence-corrected chi connectivity index (χ2v) is 10.2. The van der Waals surface area contributed by atoms with E-state index in [0.717, 1.165) is 33.3 Å². The quantitative estimate of drug-likeness (QED) is 0.155. The highest BCUT2D eigenvalue weighted by Crippen LogP contribution is 2.30. The number of carbonyl (C=O) groups excluding carboxylic acids is 2. The average molecular weight is 541 g/mol. The van der Waals surface area contributed by atoms with Crippen molar-refractivity contribution < 1.29 is 9.59 Å². The Bertz CT molecular complexity index is 1620. The van der Waals surface area contributed by atoms with Crippen LogP contribution in [0.25, 0.3) is 10.9 Å². The fourth-order valence-corrected chi connectivity index (χ4v) is 5.00. The molecule has 0 unspecified atom stereocenters. The molecule has 190 valence electrons. The third-order valence-electron chi connectivity index (χ3n) is 6.72. The predicted molar refractivity (Wildman–Crippen MR) is 155 cm³/mol. The molecule has 0 radical (unpaired) electrons. The molecule has 0 bridgehead atoms. The molecule has 0 aliphatic heterocycles. The number of aromatic nitrogens is 1. The zero-order valence-electron chi connectivity index (χ0n) is 21.1. The van der Waals surface area contributed by atoms with E-state index >= 15 is 0 Å². The molecule has 6 heteroatoms. The number of halogens is 2. The Hall–Kier alpha value is -3.86. The molecule has 38 heavy (non-hydrogen) atoms. The Morgan fingerprint density at radius 3 is 2.00 bits per heavy atom. The number of rotatable bonds is 7. The second-order valence-electron chi connectivity index (χ2n) is 9.38. The lowest BCUT2D eigenvalue weighted by molar-refractivity contribution is -0.114. The topological polar surface area (TPSA) is 42.3 Å². The first-order valence-electron chi connectivity index (χ1n) is 12.3. The fourth-order valence-electron chi connectivity index (χ4n) is 4.75. The van der Waals surface area contributed by atoms with Crippen molar-refractivity contribution >= 4 is 51.5 Å². The maximum Gasteiger partial charge on any atom is 0.299 e. The minimum Gasteiger partial charge on any atom is -0.340 e. The van der Waals surface area contributed by atoms with Gasteiger partial charge in [0, 0.05) is 38.9 Å². The van der Waals surface area contributed by atoms with Crippen molar-refractivity contribution in [3.05, 3.63) is 135 Å². The summed E-state index contributed by atoms with van der Waals surface area (Å²) in [7, 11) is 0. The van der Waals surface area contributed by atoms with Gasteiger partial charge in [0.25, 0.3) is 11.7 Å². The predicted octanol–water partition coefficient (Wildman–Crippen LogP) is 8.03. The third kappa shape index (κ3) is 5.24. The molecule has 0 N–H and O–H groups in total. The van der Waals surface area contributed by atoms with E-state index in [1.807, 2.05) is 98.8 Å². The largest absolute Gasteiger partial charge is 0.340 e. The van der Waals surface area contributed by atoms with Gasteiger partial charge >= 0.3 is 0 Å². The van der Waals surface area contributed by atoms with Crippen LogP contribution < -0.4 is 4.90 Å². The Morgan fingerprint density at radius 1 is 0.763 bits per heavy atom. The van der Waals surface area contributed by atoms with Crippen LogP contribution in [-0.4, -0.2) is 16.3 Å². The first-order chi connectivity index (χ1) is 18.3. The summed E-state index contributed by atoms with van der Waals surface area (Å²) in [5.74, 6) is -1.12. The zero-order valence-corrected chi connectivity index (χ0v) is 22.6. The van der Waals surface area contributed by atoms with Crippen molar-refractivity contribution in [3.63, 3.8) is 0 Å². The maximum atomic E-state index is 14.0. The van der Waals surface area contributed by atoms with Gasteiger partial charge in [-0.05, 0) is 73.5 Å². The van der Waals surface area contributed by atoms with Crippen LogP contribution in [-0.2, 0) is 17.9 Å². The van der Waals surface area contributed by atoms with E-state index in [1.54, 1.807) is 12.1 Å². The highest BCUT2D eigenvalue weighted by molar-refractivity contribution is 6.49. The van der Waals surface area contributed by atoms with E-state index in [-0.39, 0.29) is 6.54 Å². The lowest BCUT2D eigenvalue weighted by Gasteiger charge is -2.22. The number of aryl methyl sites for hydroxylation is 1. The van der Waals surface area contributed by atoms with Crippen molar-refractivity contribution in [1.82, 2.24) is 4.57 Å². The average Bonchev–Trinajstić information content (AvgIpc) is 3.19. The Balaban J connectivity index is 1.58. The molecular formula is C32H26Cl2N2O2. The first-order valence-corrected chi connectivity index (χ1v) is 13.1. The molecule has 1 amide bonds. The van der Waals surface area contributed by atoms with Gasteiger partial charge in [0.2, 0.25) is 0 Å². The molecule has 1 aromatic heterocycles. The number of Topliss-reactive ketones (excluding diaryl/α,β-unsaturated/α-hetero) is 1. The van der Waals surface area contributed by atoms with Crippen LogP contribution in [0, 0.1) is 13.8 Å². The van der Waals surface area contributed by atoms with Gasteiger partial charge in [-0.15, -0.1) is 0 Å². The summed E-state index contributed by atoms with van der Waals surface area (Å²) in [6.45, 7) is 4.68. The molecule has 0 aliphatic carbocycles. The van der Waals surface area contributed by atoms with Gasteiger partial charge < -0.3 is 9.47 Å². The number of fused-ring (bicyclic) bond motifs is 1. The minimum absolute atomic E-state index is 0.243. The number of ketones is 1. The van der Waals surface area contributed by atoms with Crippen molar-refractivity contribution in [3.8, 4) is 0 Å². The molecule has 0 saturated carbocycles. The lowest BCUT2D eigenvalue weighted by Crippen LogP contribution is -2.36. The molecule has 4 aromatic carbocycles. The highest BCUT2D eigenvalue weighted by Gasteiger charge is 2.30. The number of hydrogen-bond acceptors (Lipinski definition) is 2. The smallest absolute Gasteiger partial charge is 0.299 e. The molecule has 0 aliphatic rings. The molecule has 0 atom stereocenters. The molecule has 4 nitrogen and oxygen atoms in total. The van der Waals surface area contributed by atoms with Crippen LogP contribution in [0.3, 0.4) is 0 Å². The van der Waals surface area contributed by atoms with Crippen LogP contribution >= 0.6 is 23.2 Å². The van der Waals surface area contributed by atoms with Gasteiger partial charge in [-0.25, -0.2) is 0 Å². The number of nitrogens with zero attached hydrogens (tertiary/aromatic N) is 2. The van der Waals surface area contributed by atoms with Crippen molar-refractivity contribution in [2.45, 2.75) is 26.9 Å². The lowest BCUT2D eigenvalue weighted by atomic mass is 10.0. The molecule has 0 spiro atoms. The molecule has 1 heterocycles. The molecule has 0 fully saturated rings. The van der Waals surface area contributed by atoms with Gasteiger partial charge in [-0.1, -0.05) is 77.3 Å². The highest BCUT2D eigenvalue weighted by atomic mass is 35.5. The summed E-state index contributed by atoms with van der Waals surface area (Å²) in [5, 5.41) is 2.05. The van der Waals surface area contributed by atoms with E-state index in [4.69, 9.17) is 23.2 Å². The van der Waals surface area contributed by atoms with Gasteiger partial charge in [-0.3, -0.25) is 9.59 Å². The summed E-state index contributed by atoms with van der Waals surface area (Å²) in [6, 6.07) is 30.2. The van der Waals surface area contributed by atoms with Gasteiger partial charge in [0.15, 0.2) is 0 Å². The minimum atomic E-state index is -0.582. The van der Waals surface area contributed by atoms with E-state index < -0.39 is 11.7 Å². The number of anilines is 1. The number of amides is 1. The van der Waals surface area contributed by atoms with E-state index in [9.17, 15) is 9.59 Å². The summed E-state index contributed by atoms with van der Waals surface area (Å²) < 4.78 is 2.09. The van der Waals surface area contributed by atoms with Gasteiger partial charge in [-0.2, -0.15) is 0 Å². The van der Waals surface area contributed by atoms with Crippen LogP contribution in [0.5, 0.6) is 0 Å². The van der Waals surface area contributed by atoms with E-state index in [0.29, 0.717) is 27.8 Å². The van der Waals surface area contributed by atoms with Crippen molar-refractivity contribution in [1.29, 1.82) is 0 Å². The number of para-hydroxylation sites is 1. The van der Waals surface area contributed by atoms with Crippen LogP contribution in [0.4, 0.5) is 5.69 Å². The Kier molecular flexibility index (Phi) is 7.37. The Labute approximate surface area is 232 Å². The summed E-state index contributed by atoms with van der Waals surface area (Å²) in [5.41, 5.74) is 5.68. The molecule has 5 aromatic rings. The van der Waals surface area contributed by atoms with Crippen molar-refractivity contribution in [2.75, 3.05) is 4.90 Å². The zero-order chi connectivity index (χ0) is 26.8. The number of carbonyl (C=O) groups is 2. The SMILES string of the molecule is Cc1ccc2c(c1)c(C(=O)C(=O)N(Cc1ccc(Cl)cc1)c1ccccc1)c(C)n2Cc1ccc(Cl)cc1. The summed E-state index contributed by atoms with van der Waals surface area (Å²) >= 11 is 12.2. The van der Waals surface area contributed by atoms with E-state index in [1.165, 1.54) is 4.90 Å². The third-order valence-corrected chi connectivity index (χ3v) is 7.23. The number of hydrogen-bond donors (Lipinski definition) is 0. The maximum absolute atomic E-state index is 14.0. The Morgan fingerprint density at radius 2 is 1.37 bits per heavy atom. The molecular weight excluding hydrogens is 515 g/mol. The number of benzene rings is 4. The fraction of sp³-hybridized carbons (Fsp3) is 0.125. The normalized spacial score (nSPS) is 11.1. The summed E-state index contributed by atoms with van der Waals surface area (Å²) in [6.07, 6.45) is 0. The summed E-state index contributed by atoms with van der Waals surface area (Å²) in [4.78, 5) is 29.5. The van der Waals surface area contributed by atoms with E-state index in [2.05, 4.69) is 4.57 Å². The van der Waals surface area contributed by atoms with Crippen LogP contribution in [0.1, 0.15) is 32.7 Å². The van der Waals surface area contributed by atoms with Gasteiger partial charge in [0.1, 0.15) is 0 Å². The van der Waals surface area contributed by atoms with Crippen LogP contribution in [0.15, 0.2) is 97.1 Å². The molecule has 0 saturated heterocycles. The second kappa shape index (κ2) is 10.9. The van der Waals surface area contributed by atoms with Crippen LogP contribution in [0.2, 0.25) is 10.0 Å².